The molecule has 0 spiro atoms. The molecular formula is C14H21NO3. The highest BCUT2D eigenvalue weighted by atomic mass is 16.5. The van der Waals surface area contributed by atoms with Gasteiger partial charge in [-0.3, -0.25) is 4.79 Å². The van der Waals surface area contributed by atoms with Gasteiger partial charge in [-0.25, -0.2) is 0 Å². The van der Waals surface area contributed by atoms with E-state index in [2.05, 4.69) is 5.32 Å². The number of hydrogen-bond donors (Lipinski definition) is 2. The van der Waals surface area contributed by atoms with E-state index in [-0.39, 0.29) is 0 Å². The third-order valence-corrected chi connectivity index (χ3v) is 2.76. The first-order chi connectivity index (χ1) is 8.34. The maximum Gasteiger partial charge on any atom is 0.320 e. The summed E-state index contributed by atoms with van der Waals surface area (Å²) in [5.74, 6) is -0.107. The van der Waals surface area contributed by atoms with Gasteiger partial charge in [-0.1, -0.05) is 17.7 Å². The predicted molar refractivity (Wildman–Crippen MR) is 71.0 cm³/mol. The lowest BCUT2D eigenvalue weighted by molar-refractivity contribution is -0.140. The number of rotatable bonds is 6. The van der Waals surface area contributed by atoms with Crippen molar-refractivity contribution in [1.29, 1.82) is 0 Å². The van der Waals surface area contributed by atoms with Crippen LogP contribution in [0, 0.1) is 6.92 Å². The average molecular weight is 251 g/mol. The molecule has 2 N–H and O–H groups in total. The molecule has 4 nitrogen and oxygen atoms in total. The molecule has 0 fully saturated rings. The lowest BCUT2D eigenvalue weighted by atomic mass is 9.98. The second-order valence-corrected chi connectivity index (χ2v) is 5.06. The Morgan fingerprint density at radius 2 is 1.94 bits per heavy atom. The van der Waals surface area contributed by atoms with Crippen molar-refractivity contribution >= 4 is 5.97 Å². The molecule has 0 aromatic heterocycles. The summed E-state index contributed by atoms with van der Waals surface area (Å²) in [5, 5.41) is 11.8. The first-order valence-corrected chi connectivity index (χ1v) is 6.00. The Morgan fingerprint density at radius 3 is 2.39 bits per heavy atom. The van der Waals surface area contributed by atoms with Crippen LogP contribution in [0.5, 0.6) is 5.75 Å². The first kappa shape index (κ1) is 14.5. The van der Waals surface area contributed by atoms with Crippen molar-refractivity contribution in [1.82, 2.24) is 5.32 Å². The van der Waals surface area contributed by atoms with Gasteiger partial charge in [0.1, 0.15) is 17.4 Å². The summed E-state index contributed by atoms with van der Waals surface area (Å²) in [4.78, 5) is 11.0. The second-order valence-electron chi connectivity index (χ2n) is 5.06. The molecule has 100 valence electrons. The van der Waals surface area contributed by atoms with E-state index >= 15 is 0 Å². The van der Waals surface area contributed by atoms with E-state index in [0.29, 0.717) is 6.42 Å². The molecule has 0 saturated heterocycles. The molecule has 0 heterocycles. The van der Waals surface area contributed by atoms with Crippen LogP contribution in [0.4, 0.5) is 0 Å². The third kappa shape index (κ3) is 4.37. The molecule has 0 bridgehead atoms. The van der Waals surface area contributed by atoms with Crippen LogP contribution in [0.15, 0.2) is 24.3 Å². The molecule has 1 aromatic carbocycles. The monoisotopic (exact) mass is 251 g/mol. The highest BCUT2D eigenvalue weighted by Gasteiger charge is 2.28. The van der Waals surface area contributed by atoms with E-state index in [9.17, 15) is 4.79 Å². The summed E-state index contributed by atoms with van der Waals surface area (Å²) in [6.07, 6.45) is 0.396. The van der Waals surface area contributed by atoms with E-state index in [1.165, 1.54) is 5.56 Å². The normalized spacial score (nSPS) is 13.1. The zero-order valence-corrected chi connectivity index (χ0v) is 11.4. The molecule has 1 aromatic rings. The van der Waals surface area contributed by atoms with Gasteiger partial charge in [-0.2, -0.15) is 0 Å². The highest BCUT2D eigenvalue weighted by molar-refractivity contribution is 5.73. The Hall–Kier alpha value is -1.55. The zero-order valence-electron chi connectivity index (χ0n) is 11.4. The molecule has 0 amide bonds. The Labute approximate surface area is 108 Å². The highest BCUT2D eigenvalue weighted by Crippen LogP contribution is 2.22. The van der Waals surface area contributed by atoms with E-state index < -0.39 is 17.6 Å². The zero-order chi connectivity index (χ0) is 13.8. The van der Waals surface area contributed by atoms with Gasteiger partial charge in [-0.15, -0.1) is 0 Å². The Morgan fingerprint density at radius 1 is 1.39 bits per heavy atom. The van der Waals surface area contributed by atoms with E-state index in [1.54, 1.807) is 7.05 Å². The van der Waals surface area contributed by atoms with Crippen molar-refractivity contribution in [2.75, 3.05) is 7.05 Å². The van der Waals surface area contributed by atoms with Crippen LogP contribution < -0.4 is 10.1 Å². The van der Waals surface area contributed by atoms with E-state index in [4.69, 9.17) is 9.84 Å². The van der Waals surface area contributed by atoms with Gasteiger partial charge in [0, 0.05) is 6.42 Å². The molecule has 1 unspecified atom stereocenters. The summed E-state index contributed by atoms with van der Waals surface area (Å²) in [5.41, 5.74) is 0.625. The number of likely N-dealkylation sites (N-methyl/N-ethyl adjacent to an activating group) is 1. The van der Waals surface area contributed by atoms with E-state index in [1.807, 2.05) is 45.0 Å². The molecule has 0 aliphatic carbocycles. The number of ether oxygens (including phenoxy) is 1. The summed E-state index contributed by atoms with van der Waals surface area (Å²) < 4.78 is 5.84. The van der Waals surface area contributed by atoms with Crippen LogP contribution in [0.1, 0.15) is 25.8 Å². The van der Waals surface area contributed by atoms with Crippen LogP contribution in [0.3, 0.4) is 0 Å². The van der Waals surface area contributed by atoms with Crippen LogP contribution >= 0.6 is 0 Å². The number of benzene rings is 1. The predicted octanol–water partition coefficient (Wildman–Crippen LogP) is 2.22. The van der Waals surface area contributed by atoms with E-state index in [0.717, 1.165) is 5.75 Å². The standard InChI is InChI=1S/C14H21NO3/c1-10-5-7-11(8-6-10)18-14(2,3)9-12(15-4)13(16)17/h5-8,12,15H,9H2,1-4H3,(H,16,17). The quantitative estimate of drug-likeness (QED) is 0.814. The number of aryl methyl sites for hydroxylation is 1. The van der Waals surface area contributed by atoms with Crippen LogP contribution in [-0.4, -0.2) is 29.8 Å². The third-order valence-electron chi connectivity index (χ3n) is 2.76. The van der Waals surface area contributed by atoms with Crippen molar-refractivity contribution in [2.45, 2.75) is 38.8 Å². The fourth-order valence-corrected chi connectivity index (χ4v) is 1.77. The van der Waals surface area contributed by atoms with Crippen molar-refractivity contribution < 1.29 is 14.6 Å². The maximum absolute atomic E-state index is 11.0. The average Bonchev–Trinajstić information content (AvgIpc) is 2.28. The largest absolute Gasteiger partial charge is 0.488 e. The minimum Gasteiger partial charge on any atom is -0.488 e. The Kier molecular flexibility index (Phi) is 4.73. The van der Waals surface area contributed by atoms with Gasteiger partial charge in [0.25, 0.3) is 0 Å². The van der Waals surface area contributed by atoms with Crippen molar-refractivity contribution in [3.8, 4) is 5.75 Å². The number of carbonyl (C=O) groups is 1. The summed E-state index contributed by atoms with van der Waals surface area (Å²) >= 11 is 0. The second kappa shape index (κ2) is 5.87. The molecule has 1 rings (SSSR count). The first-order valence-electron chi connectivity index (χ1n) is 6.00. The summed E-state index contributed by atoms with van der Waals surface area (Å²) in [6, 6.07) is 7.12. The smallest absolute Gasteiger partial charge is 0.320 e. The Bertz CT molecular complexity index is 398. The van der Waals surface area contributed by atoms with Gasteiger partial charge < -0.3 is 15.2 Å². The van der Waals surface area contributed by atoms with Crippen molar-refractivity contribution in [3.63, 3.8) is 0 Å². The molecule has 4 heteroatoms. The lowest BCUT2D eigenvalue weighted by Crippen LogP contribution is -2.42. The van der Waals surface area contributed by atoms with Gasteiger partial charge in [0.2, 0.25) is 0 Å². The van der Waals surface area contributed by atoms with Gasteiger partial charge >= 0.3 is 5.97 Å². The number of hydrogen-bond acceptors (Lipinski definition) is 3. The van der Waals surface area contributed by atoms with Crippen molar-refractivity contribution in [2.24, 2.45) is 0 Å². The van der Waals surface area contributed by atoms with Crippen molar-refractivity contribution in [3.05, 3.63) is 29.8 Å². The maximum atomic E-state index is 11.0. The minimum absolute atomic E-state index is 0.396. The summed E-state index contributed by atoms with van der Waals surface area (Å²) in [6.45, 7) is 5.79. The minimum atomic E-state index is -0.863. The number of aliphatic carboxylic acids is 1. The SMILES string of the molecule is CNC(CC(C)(C)Oc1ccc(C)cc1)C(=O)O. The fourth-order valence-electron chi connectivity index (χ4n) is 1.77. The number of nitrogens with one attached hydrogen (secondary N) is 1. The molecule has 0 saturated carbocycles. The molecule has 0 aliphatic rings. The number of carboxylic acids is 1. The van der Waals surface area contributed by atoms with Gasteiger partial charge in [0.05, 0.1) is 0 Å². The van der Waals surface area contributed by atoms with Crippen LogP contribution in [0.2, 0.25) is 0 Å². The molecule has 0 aliphatic heterocycles. The fraction of sp³-hybridized carbons (Fsp3) is 0.500. The lowest BCUT2D eigenvalue weighted by Gasteiger charge is -2.29. The van der Waals surface area contributed by atoms with Crippen LogP contribution in [0.25, 0.3) is 0 Å². The van der Waals surface area contributed by atoms with Gasteiger partial charge in [0.15, 0.2) is 0 Å². The molecule has 1 atom stereocenters. The topological polar surface area (TPSA) is 58.6 Å². The number of carboxylic acid groups (broad SMARTS) is 1. The Balaban J connectivity index is 2.69. The molecular weight excluding hydrogens is 230 g/mol. The summed E-state index contributed by atoms with van der Waals surface area (Å²) in [7, 11) is 1.64. The molecule has 0 radical (unpaired) electrons. The van der Waals surface area contributed by atoms with Gasteiger partial charge in [-0.05, 0) is 40.0 Å². The van der Waals surface area contributed by atoms with Crippen LogP contribution in [-0.2, 0) is 4.79 Å². The molecule has 18 heavy (non-hydrogen) atoms.